The van der Waals surface area contributed by atoms with Gasteiger partial charge < -0.3 is 20.4 Å². The standard InChI is InChI=1S/C8H6O4.2C4H10O/c9-7(10)5-2-1-3-6(4-5)8(11)12;2*1-2-3-4-5/h1-4H,(H,9,10)(H,11,12);2*5H,2-4H2,1H3. The number of unbranched alkanes of at least 4 members (excludes halogenated alkanes) is 2. The van der Waals surface area contributed by atoms with Crippen molar-refractivity contribution in [2.45, 2.75) is 39.5 Å². The molecule has 0 amide bonds. The van der Waals surface area contributed by atoms with Gasteiger partial charge in [-0.25, -0.2) is 9.59 Å². The van der Waals surface area contributed by atoms with Crippen molar-refractivity contribution in [2.75, 3.05) is 13.2 Å². The maximum atomic E-state index is 10.4. The van der Waals surface area contributed by atoms with Crippen LogP contribution in [0.25, 0.3) is 0 Å². The van der Waals surface area contributed by atoms with E-state index in [4.69, 9.17) is 20.4 Å². The molecule has 0 aliphatic carbocycles. The molecule has 0 saturated carbocycles. The number of benzene rings is 1. The van der Waals surface area contributed by atoms with Crippen LogP contribution >= 0.6 is 0 Å². The lowest BCUT2D eigenvalue weighted by Crippen LogP contribution is -2.01. The minimum absolute atomic E-state index is 0.0186. The molecule has 0 bridgehead atoms. The number of aliphatic hydroxyl groups excluding tert-OH is 2. The molecule has 0 aliphatic heterocycles. The monoisotopic (exact) mass is 314 g/mol. The molecule has 0 radical (unpaired) electrons. The average molecular weight is 314 g/mol. The van der Waals surface area contributed by atoms with Gasteiger partial charge in [-0.1, -0.05) is 32.8 Å². The van der Waals surface area contributed by atoms with Crippen molar-refractivity contribution in [3.8, 4) is 0 Å². The fraction of sp³-hybridized carbons (Fsp3) is 0.500. The molecule has 0 spiro atoms. The molecule has 1 rings (SSSR count). The number of hydrogen-bond acceptors (Lipinski definition) is 4. The van der Waals surface area contributed by atoms with Crippen molar-refractivity contribution in [3.05, 3.63) is 35.4 Å². The van der Waals surface area contributed by atoms with Gasteiger partial charge in [-0.3, -0.25) is 0 Å². The van der Waals surface area contributed by atoms with Crippen LogP contribution in [0.1, 0.15) is 60.2 Å². The van der Waals surface area contributed by atoms with E-state index >= 15 is 0 Å². The maximum absolute atomic E-state index is 10.4. The Balaban J connectivity index is 0. The Morgan fingerprint density at radius 2 is 1.23 bits per heavy atom. The molecule has 0 aliphatic rings. The van der Waals surface area contributed by atoms with E-state index in [0.29, 0.717) is 13.2 Å². The molecule has 126 valence electrons. The second-order valence-corrected chi connectivity index (χ2v) is 4.35. The predicted molar refractivity (Wildman–Crippen MR) is 84.3 cm³/mol. The molecule has 6 nitrogen and oxygen atoms in total. The van der Waals surface area contributed by atoms with E-state index in [1.807, 2.05) is 0 Å². The van der Waals surface area contributed by atoms with Gasteiger partial charge in [0.25, 0.3) is 0 Å². The first-order valence-corrected chi connectivity index (χ1v) is 7.22. The summed E-state index contributed by atoms with van der Waals surface area (Å²) in [7, 11) is 0. The highest BCUT2D eigenvalue weighted by Crippen LogP contribution is 2.04. The van der Waals surface area contributed by atoms with Crippen LogP contribution in [0, 0.1) is 0 Å². The lowest BCUT2D eigenvalue weighted by Gasteiger charge is -1.95. The van der Waals surface area contributed by atoms with Gasteiger partial charge in [0.05, 0.1) is 11.1 Å². The fourth-order valence-corrected chi connectivity index (χ4v) is 1.10. The quantitative estimate of drug-likeness (QED) is 0.641. The minimum Gasteiger partial charge on any atom is -0.478 e. The number of carboxylic acid groups (broad SMARTS) is 2. The van der Waals surface area contributed by atoms with E-state index in [2.05, 4.69) is 13.8 Å². The molecular weight excluding hydrogens is 288 g/mol. The Bertz CT molecular complexity index is 378. The van der Waals surface area contributed by atoms with Crippen molar-refractivity contribution in [1.29, 1.82) is 0 Å². The molecule has 0 fully saturated rings. The van der Waals surface area contributed by atoms with Crippen LogP contribution < -0.4 is 0 Å². The molecule has 0 aromatic heterocycles. The molecule has 0 atom stereocenters. The number of carboxylic acids is 2. The van der Waals surface area contributed by atoms with Crippen LogP contribution in [0.4, 0.5) is 0 Å². The number of carbonyl (C=O) groups is 2. The van der Waals surface area contributed by atoms with Crippen LogP contribution in [-0.4, -0.2) is 45.6 Å². The number of aromatic carboxylic acids is 2. The van der Waals surface area contributed by atoms with Crippen molar-refractivity contribution >= 4 is 11.9 Å². The summed E-state index contributed by atoms with van der Waals surface area (Å²) in [6, 6.07) is 5.20. The average Bonchev–Trinajstić information content (AvgIpc) is 2.50. The summed E-state index contributed by atoms with van der Waals surface area (Å²) in [5.41, 5.74) is -0.0372. The Kier molecular flexibility index (Phi) is 15.7. The van der Waals surface area contributed by atoms with Crippen molar-refractivity contribution in [1.82, 2.24) is 0 Å². The fourth-order valence-electron chi connectivity index (χ4n) is 1.10. The van der Waals surface area contributed by atoms with Crippen LogP contribution in [0.2, 0.25) is 0 Å². The zero-order valence-electron chi connectivity index (χ0n) is 13.2. The lowest BCUT2D eigenvalue weighted by atomic mass is 10.1. The summed E-state index contributed by atoms with van der Waals surface area (Å²) in [6.45, 7) is 4.79. The molecule has 4 N–H and O–H groups in total. The van der Waals surface area contributed by atoms with E-state index in [9.17, 15) is 9.59 Å². The summed E-state index contributed by atoms with van der Waals surface area (Å²) < 4.78 is 0. The SMILES string of the molecule is CCCCO.CCCCO.O=C(O)c1cccc(C(=O)O)c1. The van der Waals surface area contributed by atoms with E-state index < -0.39 is 11.9 Å². The summed E-state index contributed by atoms with van der Waals surface area (Å²) in [5.74, 6) is -2.25. The topological polar surface area (TPSA) is 115 Å². The highest BCUT2D eigenvalue weighted by molar-refractivity contribution is 5.93. The van der Waals surface area contributed by atoms with Crippen molar-refractivity contribution < 1.29 is 30.0 Å². The van der Waals surface area contributed by atoms with E-state index in [0.717, 1.165) is 31.7 Å². The highest BCUT2D eigenvalue weighted by atomic mass is 16.4. The molecule has 1 aromatic rings. The summed E-state index contributed by atoms with van der Waals surface area (Å²) in [5, 5.41) is 33.1. The summed E-state index contributed by atoms with van der Waals surface area (Å²) >= 11 is 0. The normalized spacial score (nSPS) is 8.91. The Morgan fingerprint density at radius 3 is 1.41 bits per heavy atom. The third kappa shape index (κ3) is 13.1. The smallest absolute Gasteiger partial charge is 0.335 e. The van der Waals surface area contributed by atoms with E-state index in [1.165, 1.54) is 18.2 Å². The van der Waals surface area contributed by atoms with Gasteiger partial charge >= 0.3 is 11.9 Å². The van der Waals surface area contributed by atoms with Gasteiger partial charge in [0.15, 0.2) is 0 Å². The first-order chi connectivity index (χ1) is 10.4. The predicted octanol–water partition coefficient (Wildman–Crippen LogP) is 2.64. The van der Waals surface area contributed by atoms with Crippen molar-refractivity contribution in [2.24, 2.45) is 0 Å². The van der Waals surface area contributed by atoms with Crippen LogP contribution in [0.3, 0.4) is 0 Å². The largest absolute Gasteiger partial charge is 0.478 e. The molecule has 0 heterocycles. The number of aliphatic hydroxyl groups is 2. The van der Waals surface area contributed by atoms with E-state index in [1.54, 1.807) is 0 Å². The van der Waals surface area contributed by atoms with Crippen LogP contribution in [0.5, 0.6) is 0 Å². The zero-order valence-corrected chi connectivity index (χ0v) is 13.2. The minimum atomic E-state index is -1.13. The molecule has 0 saturated heterocycles. The highest BCUT2D eigenvalue weighted by Gasteiger charge is 2.06. The Hall–Kier alpha value is -1.92. The maximum Gasteiger partial charge on any atom is 0.335 e. The van der Waals surface area contributed by atoms with Gasteiger partial charge in [0.1, 0.15) is 0 Å². The van der Waals surface area contributed by atoms with Crippen molar-refractivity contribution in [3.63, 3.8) is 0 Å². The zero-order chi connectivity index (χ0) is 17.4. The number of rotatable bonds is 6. The second kappa shape index (κ2) is 15.5. The molecule has 22 heavy (non-hydrogen) atoms. The van der Waals surface area contributed by atoms with Crippen LogP contribution in [0.15, 0.2) is 24.3 Å². The second-order valence-electron chi connectivity index (χ2n) is 4.35. The summed E-state index contributed by atoms with van der Waals surface area (Å²) in [4.78, 5) is 20.8. The van der Waals surface area contributed by atoms with Crippen LogP contribution in [-0.2, 0) is 0 Å². The lowest BCUT2D eigenvalue weighted by molar-refractivity contribution is 0.0696. The summed E-state index contributed by atoms with van der Waals surface area (Å²) in [6.07, 6.45) is 4.08. The molecule has 1 aromatic carbocycles. The molecular formula is C16H26O6. The van der Waals surface area contributed by atoms with Gasteiger partial charge in [-0.15, -0.1) is 0 Å². The first-order valence-electron chi connectivity index (χ1n) is 7.22. The Morgan fingerprint density at radius 1 is 0.864 bits per heavy atom. The first kappa shape index (κ1) is 22.4. The number of hydrogen-bond donors (Lipinski definition) is 4. The Labute approximate surface area is 131 Å². The van der Waals surface area contributed by atoms with Gasteiger partial charge in [-0.2, -0.15) is 0 Å². The molecule has 6 heteroatoms. The third-order valence-corrected chi connectivity index (χ3v) is 2.38. The third-order valence-electron chi connectivity index (χ3n) is 2.38. The molecule has 0 unspecified atom stereocenters. The van der Waals surface area contributed by atoms with Gasteiger partial charge in [0.2, 0.25) is 0 Å². The van der Waals surface area contributed by atoms with Gasteiger partial charge in [0, 0.05) is 13.2 Å². The van der Waals surface area contributed by atoms with E-state index in [-0.39, 0.29) is 11.1 Å². The van der Waals surface area contributed by atoms with Gasteiger partial charge in [-0.05, 0) is 31.0 Å².